The van der Waals surface area contributed by atoms with E-state index in [0.29, 0.717) is 12.8 Å². The number of carbonyl (C=O) groups excluding carboxylic acids is 1. The van der Waals surface area contributed by atoms with Crippen LogP contribution in [0.5, 0.6) is 0 Å². The fourth-order valence-corrected chi connectivity index (χ4v) is 1.27. The Morgan fingerprint density at radius 2 is 2.55 bits per heavy atom. The van der Waals surface area contributed by atoms with E-state index in [2.05, 4.69) is 6.58 Å². The number of Topliss-reactive ketones (excluding diaryl/α,β-unsaturated/α-hetero) is 1. The van der Waals surface area contributed by atoms with Crippen molar-refractivity contribution >= 4 is 5.78 Å². The third kappa shape index (κ3) is 2.15. The first kappa shape index (κ1) is 8.47. The molecule has 1 saturated heterocycles. The average Bonchev–Trinajstić information content (AvgIpc) is 1.98. The van der Waals surface area contributed by atoms with E-state index in [9.17, 15) is 4.79 Å². The number of ether oxygens (including phenoxy) is 1. The van der Waals surface area contributed by atoms with Crippen LogP contribution >= 0.6 is 0 Å². The minimum Gasteiger partial charge on any atom is -0.367 e. The van der Waals surface area contributed by atoms with E-state index in [-0.39, 0.29) is 18.0 Å². The van der Waals surface area contributed by atoms with Gasteiger partial charge in [0, 0.05) is 6.42 Å². The lowest BCUT2D eigenvalue weighted by atomic mass is 10.0. The molecule has 0 amide bonds. The first-order valence-electron chi connectivity index (χ1n) is 4.03. The molecule has 0 aliphatic carbocycles. The van der Waals surface area contributed by atoms with Crippen molar-refractivity contribution in [1.29, 1.82) is 0 Å². The molecule has 0 N–H and O–H groups in total. The standard InChI is InChI=1S/C9H14O2/c1-3-4-9-8(10)6-5-7(2)11-9/h3,7,9H,1,4-6H2,2H3/t7-,9-/m0/s1. The second-order valence-electron chi connectivity index (χ2n) is 2.96. The summed E-state index contributed by atoms with van der Waals surface area (Å²) in [6.07, 6.45) is 3.95. The van der Waals surface area contributed by atoms with Crippen LogP contribution in [0.25, 0.3) is 0 Å². The molecule has 0 aromatic rings. The molecule has 1 aliphatic heterocycles. The van der Waals surface area contributed by atoms with Gasteiger partial charge in [-0.1, -0.05) is 6.08 Å². The number of hydrogen-bond acceptors (Lipinski definition) is 2. The van der Waals surface area contributed by atoms with Gasteiger partial charge in [-0.05, 0) is 19.8 Å². The van der Waals surface area contributed by atoms with Crippen LogP contribution in [0, 0.1) is 0 Å². The van der Waals surface area contributed by atoms with Crippen LogP contribution in [0.4, 0.5) is 0 Å². The molecule has 1 fully saturated rings. The molecular weight excluding hydrogens is 140 g/mol. The summed E-state index contributed by atoms with van der Waals surface area (Å²) in [6.45, 7) is 5.58. The SMILES string of the molecule is C=CC[C@@H]1O[C@@H](C)CCC1=O. The number of rotatable bonds is 2. The third-order valence-corrected chi connectivity index (χ3v) is 1.93. The highest BCUT2D eigenvalue weighted by molar-refractivity contribution is 5.83. The summed E-state index contributed by atoms with van der Waals surface area (Å²) in [5.41, 5.74) is 0. The van der Waals surface area contributed by atoms with Crippen molar-refractivity contribution in [2.45, 2.75) is 38.4 Å². The summed E-state index contributed by atoms with van der Waals surface area (Å²) in [5.74, 6) is 0.225. The van der Waals surface area contributed by atoms with Gasteiger partial charge in [-0.25, -0.2) is 0 Å². The molecule has 11 heavy (non-hydrogen) atoms. The van der Waals surface area contributed by atoms with Crippen molar-refractivity contribution in [2.24, 2.45) is 0 Å². The Labute approximate surface area is 67.2 Å². The van der Waals surface area contributed by atoms with Gasteiger partial charge in [-0.15, -0.1) is 6.58 Å². The lowest BCUT2D eigenvalue weighted by Crippen LogP contribution is -2.33. The van der Waals surface area contributed by atoms with Crippen molar-refractivity contribution in [2.75, 3.05) is 0 Å². The quantitative estimate of drug-likeness (QED) is 0.566. The molecule has 1 heterocycles. The summed E-state index contributed by atoms with van der Waals surface area (Å²) in [6, 6.07) is 0. The maximum atomic E-state index is 11.2. The van der Waals surface area contributed by atoms with Crippen molar-refractivity contribution in [3.63, 3.8) is 0 Å². The van der Waals surface area contributed by atoms with Gasteiger partial charge >= 0.3 is 0 Å². The molecule has 0 spiro atoms. The fraction of sp³-hybridized carbons (Fsp3) is 0.667. The molecule has 62 valence electrons. The summed E-state index contributed by atoms with van der Waals surface area (Å²) < 4.78 is 5.42. The van der Waals surface area contributed by atoms with Crippen molar-refractivity contribution in [3.8, 4) is 0 Å². The molecule has 1 aliphatic rings. The van der Waals surface area contributed by atoms with E-state index in [4.69, 9.17) is 4.74 Å². The van der Waals surface area contributed by atoms with E-state index >= 15 is 0 Å². The van der Waals surface area contributed by atoms with Crippen LogP contribution in [-0.4, -0.2) is 18.0 Å². The number of ketones is 1. The van der Waals surface area contributed by atoms with E-state index in [0.717, 1.165) is 6.42 Å². The highest BCUT2D eigenvalue weighted by Crippen LogP contribution is 2.17. The summed E-state index contributed by atoms with van der Waals surface area (Å²) >= 11 is 0. The first-order valence-corrected chi connectivity index (χ1v) is 4.03. The van der Waals surface area contributed by atoms with Gasteiger partial charge in [0.1, 0.15) is 6.10 Å². The Morgan fingerprint density at radius 1 is 1.82 bits per heavy atom. The first-order chi connectivity index (χ1) is 5.24. The predicted octanol–water partition coefficient (Wildman–Crippen LogP) is 1.70. The second kappa shape index (κ2) is 3.67. The van der Waals surface area contributed by atoms with Gasteiger partial charge in [-0.3, -0.25) is 4.79 Å². The normalized spacial score (nSPS) is 31.9. The lowest BCUT2D eigenvalue weighted by molar-refractivity contribution is -0.140. The van der Waals surface area contributed by atoms with Crippen LogP contribution in [0.2, 0.25) is 0 Å². The Balaban J connectivity index is 2.46. The maximum absolute atomic E-state index is 11.2. The van der Waals surface area contributed by atoms with E-state index in [1.807, 2.05) is 6.92 Å². The Bertz CT molecular complexity index is 163. The molecule has 0 saturated carbocycles. The zero-order valence-corrected chi connectivity index (χ0v) is 6.88. The average molecular weight is 154 g/mol. The van der Waals surface area contributed by atoms with Crippen molar-refractivity contribution in [3.05, 3.63) is 12.7 Å². The molecule has 0 radical (unpaired) electrons. The molecule has 0 bridgehead atoms. The topological polar surface area (TPSA) is 26.3 Å². The molecule has 2 atom stereocenters. The van der Waals surface area contributed by atoms with Gasteiger partial charge in [0.25, 0.3) is 0 Å². The van der Waals surface area contributed by atoms with Gasteiger partial charge in [-0.2, -0.15) is 0 Å². The zero-order chi connectivity index (χ0) is 8.27. The van der Waals surface area contributed by atoms with Crippen LogP contribution in [-0.2, 0) is 9.53 Å². The molecule has 2 nitrogen and oxygen atoms in total. The van der Waals surface area contributed by atoms with E-state index in [1.54, 1.807) is 6.08 Å². The van der Waals surface area contributed by atoms with Crippen LogP contribution in [0.1, 0.15) is 26.2 Å². The zero-order valence-electron chi connectivity index (χ0n) is 6.88. The largest absolute Gasteiger partial charge is 0.367 e. The Hall–Kier alpha value is -0.630. The maximum Gasteiger partial charge on any atom is 0.161 e. The van der Waals surface area contributed by atoms with Gasteiger partial charge in [0.05, 0.1) is 6.10 Å². The molecule has 0 aromatic heterocycles. The molecule has 2 heteroatoms. The second-order valence-corrected chi connectivity index (χ2v) is 2.96. The molecule has 1 rings (SSSR count). The van der Waals surface area contributed by atoms with Crippen LogP contribution in [0.15, 0.2) is 12.7 Å². The van der Waals surface area contributed by atoms with Crippen molar-refractivity contribution in [1.82, 2.24) is 0 Å². The molecule has 0 unspecified atom stereocenters. The highest BCUT2D eigenvalue weighted by Gasteiger charge is 2.25. The fourth-order valence-electron chi connectivity index (χ4n) is 1.27. The van der Waals surface area contributed by atoms with Crippen LogP contribution < -0.4 is 0 Å². The smallest absolute Gasteiger partial charge is 0.161 e. The number of carbonyl (C=O) groups is 1. The highest BCUT2D eigenvalue weighted by atomic mass is 16.5. The molecular formula is C9H14O2. The monoisotopic (exact) mass is 154 g/mol. The van der Waals surface area contributed by atoms with Gasteiger partial charge in [0.2, 0.25) is 0 Å². The van der Waals surface area contributed by atoms with E-state index < -0.39 is 0 Å². The Kier molecular flexibility index (Phi) is 2.83. The summed E-state index contributed by atoms with van der Waals surface area (Å²) in [4.78, 5) is 11.2. The number of hydrogen-bond donors (Lipinski definition) is 0. The van der Waals surface area contributed by atoms with Crippen molar-refractivity contribution < 1.29 is 9.53 Å². The summed E-state index contributed by atoms with van der Waals surface area (Å²) in [5, 5.41) is 0. The lowest BCUT2D eigenvalue weighted by Gasteiger charge is -2.25. The van der Waals surface area contributed by atoms with Gasteiger partial charge < -0.3 is 4.74 Å². The third-order valence-electron chi connectivity index (χ3n) is 1.93. The minimum absolute atomic E-state index is 0.212. The Morgan fingerprint density at radius 3 is 3.18 bits per heavy atom. The minimum atomic E-state index is -0.212. The van der Waals surface area contributed by atoms with Crippen LogP contribution in [0.3, 0.4) is 0 Å². The van der Waals surface area contributed by atoms with E-state index in [1.165, 1.54) is 0 Å². The predicted molar refractivity (Wildman–Crippen MR) is 43.4 cm³/mol. The summed E-state index contributed by atoms with van der Waals surface area (Å²) in [7, 11) is 0. The molecule has 0 aromatic carbocycles. The van der Waals surface area contributed by atoms with Gasteiger partial charge in [0.15, 0.2) is 5.78 Å².